The van der Waals surface area contributed by atoms with Crippen molar-refractivity contribution in [3.63, 3.8) is 0 Å². The van der Waals surface area contributed by atoms with Gasteiger partial charge < -0.3 is 5.11 Å². The van der Waals surface area contributed by atoms with E-state index >= 15 is 0 Å². The van der Waals surface area contributed by atoms with Crippen LogP contribution >= 0.6 is 0 Å². The number of phenolic OH excluding ortho intramolecular Hbond substituents is 1. The molecule has 1 rings (SSSR count). The molecular weight excluding hydrogens is 148 g/mol. The van der Waals surface area contributed by atoms with Crippen LogP contribution in [-0.4, -0.2) is 5.11 Å². The van der Waals surface area contributed by atoms with Gasteiger partial charge in [0.2, 0.25) is 0 Å². The molecule has 0 amide bonds. The van der Waals surface area contributed by atoms with Crippen LogP contribution in [0.4, 0.5) is 0 Å². The van der Waals surface area contributed by atoms with E-state index in [9.17, 15) is 5.11 Å². The molecule has 1 aromatic carbocycles. The van der Waals surface area contributed by atoms with Crippen LogP contribution in [0.2, 0.25) is 0 Å². The van der Waals surface area contributed by atoms with E-state index in [4.69, 9.17) is 0 Å². The van der Waals surface area contributed by atoms with E-state index in [1.807, 2.05) is 6.07 Å². The Morgan fingerprint density at radius 1 is 1.50 bits per heavy atom. The first kappa shape index (κ1) is 9.11. The zero-order valence-electron chi connectivity index (χ0n) is 7.89. The SMILES string of the molecule is CCC(C)(C)c1cc[c]c(O)c1. The van der Waals surface area contributed by atoms with Crippen LogP contribution in [0, 0.1) is 6.07 Å². The van der Waals surface area contributed by atoms with Crippen molar-refractivity contribution in [3.05, 3.63) is 29.8 Å². The fraction of sp³-hybridized carbons (Fsp3) is 0.455. The molecule has 0 aliphatic heterocycles. The van der Waals surface area contributed by atoms with Gasteiger partial charge in [0.15, 0.2) is 0 Å². The average molecular weight is 163 g/mol. The zero-order chi connectivity index (χ0) is 9.19. The quantitative estimate of drug-likeness (QED) is 0.710. The monoisotopic (exact) mass is 163 g/mol. The van der Waals surface area contributed by atoms with E-state index in [1.54, 1.807) is 12.1 Å². The number of hydrogen-bond donors (Lipinski definition) is 1. The van der Waals surface area contributed by atoms with Gasteiger partial charge in [0.25, 0.3) is 0 Å². The maximum atomic E-state index is 9.22. The summed E-state index contributed by atoms with van der Waals surface area (Å²) in [4.78, 5) is 0. The fourth-order valence-corrected chi connectivity index (χ4v) is 1.08. The second kappa shape index (κ2) is 3.18. The van der Waals surface area contributed by atoms with Crippen LogP contribution in [0.15, 0.2) is 18.2 Å². The molecular formula is C11H15O. The lowest BCUT2D eigenvalue weighted by atomic mass is 9.82. The van der Waals surface area contributed by atoms with Crippen molar-refractivity contribution >= 4 is 0 Å². The zero-order valence-corrected chi connectivity index (χ0v) is 7.89. The third-order valence-corrected chi connectivity index (χ3v) is 2.45. The minimum atomic E-state index is 0.145. The molecule has 1 radical (unpaired) electrons. The van der Waals surface area contributed by atoms with Gasteiger partial charge >= 0.3 is 0 Å². The van der Waals surface area contributed by atoms with Gasteiger partial charge in [-0.05, 0) is 23.5 Å². The predicted molar refractivity (Wildman–Crippen MR) is 50.3 cm³/mol. The molecule has 0 heterocycles. The summed E-state index contributed by atoms with van der Waals surface area (Å²) in [6.07, 6.45) is 1.07. The first-order valence-electron chi connectivity index (χ1n) is 4.27. The molecule has 65 valence electrons. The van der Waals surface area contributed by atoms with Gasteiger partial charge in [-0.3, -0.25) is 0 Å². The first-order valence-corrected chi connectivity index (χ1v) is 4.27. The van der Waals surface area contributed by atoms with Crippen molar-refractivity contribution in [3.8, 4) is 5.75 Å². The van der Waals surface area contributed by atoms with Crippen molar-refractivity contribution < 1.29 is 5.11 Å². The second-order valence-corrected chi connectivity index (χ2v) is 3.70. The first-order chi connectivity index (χ1) is 5.56. The Labute approximate surface area is 74.1 Å². The lowest BCUT2D eigenvalue weighted by Crippen LogP contribution is -2.14. The van der Waals surface area contributed by atoms with Crippen molar-refractivity contribution in [2.24, 2.45) is 0 Å². The maximum absolute atomic E-state index is 9.22. The van der Waals surface area contributed by atoms with Gasteiger partial charge in [-0.1, -0.05) is 32.9 Å². The summed E-state index contributed by atoms with van der Waals surface area (Å²) >= 11 is 0. The van der Waals surface area contributed by atoms with Crippen molar-refractivity contribution in [1.82, 2.24) is 0 Å². The Balaban J connectivity index is 3.03. The van der Waals surface area contributed by atoms with E-state index in [0.717, 1.165) is 6.42 Å². The smallest absolute Gasteiger partial charge is 0.123 e. The van der Waals surface area contributed by atoms with Crippen LogP contribution in [0.25, 0.3) is 0 Å². The Kier molecular flexibility index (Phi) is 2.41. The number of hydrogen-bond acceptors (Lipinski definition) is 1. The highest BCUT2D eigenvalue weighted by atomic mass is 16.3. The summed E-state index contributed by atoms with van der Waals surface area (Å²) in [6, 6.07) is 8.27. The van der Waals surface area contributed by atoms with Crippen LogP contribution in [0.1, 0.15) is 32.8 Å². The molecule has 12 heavy (non-hydrogen) atoms. The normalized spacial score (nSPS) is 11.6. The molecule has 1 aromatic rings. The van der Waals surface area contributed by atoms with E-state index in [0.29, 0.717) is 0 Å². The summed E-state index contributed by atoms with van der Waals surface area (Å²) < 4.78 is 0. The number of aromatic hydroxyl groups is 1. The van der Waals surface area contributed by atoms with Gasteiger partial charge in [-0.25, -0.2) is 0 Å². The molecule has 0 atom stereocenters. The number of phenols is 1. The standard InChI is InChI=1S/C11H15O/c1-4-11(2,3)9-6-5-7-10(12)8-9/h5-6,8,12H,4H2,1-3H3. The minimum absolute atomic E-state index is 0.145. The summed E-state index contributed by atoms with van der Waals surface area (Å²) in [5.74, 6) is 0.231. The van der Waals surface area contributed by atoms with Gasteiger partial charge in [0.1, 0.15) is 5.75 Å². The topological polar surface area (TPSA) is 20.2 Å². The lowest BCUT2D eigenvalue weighted by Gasteiger charge is -2.23. The Bertz CT molecular complexity index is 263. The highest BCUT2D eigenvalue weighted by molar-refractivity contribution is 5.30. The van der Waals surface area contributed by atoms with Gasteiger partial charge in [0.05, 0.1) is 0 Å². The van der Waals surface area contributed by atoms with Gasteiger partial charge in [0, 0.05) is 6.07 Å². The molecule has 0 saturated carbocycles. The molecule has 0 aromatic heterocycles. The molecule has 0 unspecified atom stereocenters. The van der Waals surface area contributed by atoms with E-state index < -0.39 is 0 Å². The number of benzene rings is 1. The molecule has 1 N–H and O–H groups in total. The third-order valence-electron chi connectivity index (χ3n) is 2.45. The van der Waals surface area contributed by atoms with Crippen molar-refractivity contribution in [1.29, 1.82) is 0 Å². The van der Waals surface area contributed by atoms with Crippen LogP contribution in [-0.2, 0) is 5.41 Å². The summed E-state index contributed by atoms with van der Waals surface area (Å²) in [6.45, 7) is 6.48. The number of rotatable bonds is 2. The molecule has 0 aliphatic rings. The van der Waals surface area contributed by atoms with Crippen LogP contribution in [0.3, 0.4) is 0 Å². The van der Waals surface area contributed by atoms with Crippen LogP contribution < -0.4 is 0 Å². The summed E-state index contributed by atoms with van der Waals surface area (Å²) in [5.41, 5.74) is 1.31. The molecule has 0 aliphatic carbocycles. The lowest BCUT2D eigenvalue weighted by molar-refractivity contribution is 0.463. The Morgan fingerprint density at radius 2 is 2.17 bits per heavy atom. The van der Waals surface area contributed by atoms with Crippen molar-refractivity contribution in [2.75, 3.05) is 0 Å². The average Bonchev–Trinajstić information content (AvgIpc) is 2.05. The van der Waals surface area contributed by atoms with Crippen LogP contribution in [0.5, 0.6) is 5.75 Å². The summed E-state index contributed by atoms with van der Waals surface area (Å²) in [5, 5.41) is 9.22. The molecule has 0 saturated heterocycles. The maximum Gasteiger partial charge on any atom is 0.123 e. The highest BCUT2D eigenvalue weighted by Crippen LogP contribution is 2.28. The highest BCUT2D eigenvalue weighted by Gasteiger charge is 2.17. The third kappa shape index (κ3) is 1.79. The van der Waals surface area contributed by atoms with Gasteiger partial charge in [-0.15, -0.1) is 0 Å². The van der Waals surface area contributed by atoms with E-state index in [-0.39, 0.29) is 11.2 Å². The predicted octanol–water partition coefficient (Wildman–Crippen LogP) is 2.88. The summed E-state index contributed by atoms with van der Waals surface area (Å²) in [7, 11) is 0. The minimum Gasteiger partial charge on any atom is -0.507 e. The molecule has 1 heteroatoms. The Morgan fingerprint density at radius 3 is 2.67 bits per heavy atom. The molecule has 0 bridgehead atoms. The fourth-order valence-electron chi connectivity index (χ4n) is 1.08. The Hall–Kier alpha value is -0.980. The van der Waals surface area contributed by atoms with E-state index in [1.165, 1.54) is 5.56 Å². The molecule has 1 nitrogen and oxygen atoms in total. The molecule has 0 spiro atoms. The van der Waals surface area contributed by atoms with Gasteiger partial charge in [-0.2, -0.15) is 0 Å². The van der Waals surface area contributed by atoms with Crippen molar-refractivity contribution in [2.45, 2.75) is 32.6 Å². The molecule has 0 fully saturated rings. The van der Waals surface area contributed by atoms with E-state index in [2.05, 4.69) is 26.8 Å². The second-order valence-electron chi connectivity index (χ2n) is 3.70. The largest absolute Gasteiger partial charge is 0.507 e.